The highest BCUT2D eigenvalue weighted by atomic mass is 32.1. The first-order valence-corrected chi connectivity index (χ1v) is 6.79. The second-order valence-electron chi connectivity index (χ2n) is 4.43. The van der Waals surface area contributed by atoms with Crippen molar-refractivity contribution in [2.45, 2.75) is 18.6 Å². The van der Waals surface area contributed by atoms with Crippen LogP contribution in [0.15, 0.2) is 41.1 Å². The Bertz CT molecular complexity index is 565. The van der Waals surface area contributed by atoms with Crippen molar-refractivity contribution >= 4 is 17.2 Å². The Kier molecular flexibility index (Phi) is 2.89. The SMILES string of the molecule is O=C(N[C@H]1c2ccccc2C[C@H]1O)c1ccsc1. The normalized spacial score (nSPS) is 21.6. The zero-order valence-corrected chi connectivity index (χ0v) is 10.5. The second-order valence-corrected chi connectivity index (χ2v) is 5.21. The van der Waals surface area contributed by atoms with Crippen LogP contribution in [-0.2, 0) is 6.42 Å². The number of carbonyl (C=O) groups is 1. The van der Waals surface area contributed by atoms with Gasteiger partial charge in [0.15, 0.2) is 0 Å². The molecule has 4 heteroatoms. The minimum atomic E-state index is -0.537. The van der Waals surface area contributed by atoms with Gasteiger partial charge in [0.2, 0.25) is 0 Å². The van der Waals surface area contributed by atoms with Crippen molar-refractivity contribution in [1.82, 2.24) is 5.32 Å². The summed E-state index contributed by atoms with van der Waals surface area (Å²) in [5.74, 6) is -0.128. The maximum absolute atomic E-state index is 12.0. The van der Waals surface area contributed by atoms with Crippen LogP contribution in [-0.4, -0.2) is 17.1 Å². The van der Waals surface area contributed by atoms with Gasteiger partial charge in [-0.15, -0.1) is 0 Å². The van der Waals surface area contributed by atoms with Crippen LogP contribution in [0.4, 0.5) is 0 Å². The zero-order valence-electron chi connectivity index (χ0n) is 9.67. The van der Waals surface area contributed by atoms with Crippen LogP contribution in [0.2, 0.25) is 0 Å². The zero-order chi connectivity index (χ0) is 12.5. The number of hydrogen-bond donors (Lipinski definition) is 2. The fraction of sp³-hybridized carbons (Fsp3) is 0.214. The lowest BCUT2D eigenvalue weighted by Crippen LogP contribution is -2.33. The predicted molar refractivity (Wildman–Crippen MR) is 70.7 cm³/mol. The van der Waals surface area contributed by atoms with Crippen molar-refractivity contribution < 1.29 is 9.90 Å². The van der Waals surface area contributed by atoms with E-state index in [1.165, 1.54) is 11.3 Å². The largest absolute Gasteiger partial charge is 0.390 e. The van der Waals surface area contributed by atoms with E-state index in [1.54, 1.807) is 6.07 Å². The van der Waals surface area contributed by atoms with Crippen LogP contribution in [0.25, 0.3) is 0 Å². The highest BCUT2D eigenvalue weighted by molar-refractivity contribution is 7.08. The number of amides is 1. The first-order valence-electron chi connectivity index (χ1n) is 5.84. The molecule has 1 aromatic carbocycles. The van der Waals surface area contributed by atoms with Gasteiger partial charge in [0.1, 0.15) is 0 Å². The van der Waals surface area contributed by atoms with Crippen LogP contribution in [0, 0.1) is 0 Å². The second kappa shape index (κ2) is 4.55. The molecule has 3 rings (SSSR count). The highest BCUT2D eigenvalue weighted by Gasteiger charge is 2.31. The van der Waals surface area contributed by atoms with Gasteiger partial charge in [-0.1, -0.05) is 24.3 Å². The number of rotatable bonds is 2. The molecule has 2 aromatic rings. The van der Waals surface area contributed by atoms with Gasteiger partial charge in [-0.05, 0) is 22.6 Å². The fourth-order valence-corrected chi connectivity index (χ4v) is 3.00. The average molecular weight is 259 g/mol. The smallest absolute Gasteiger partial charge is 0.252 e. The van der Waals surface area contributed by atoms with Gasteiger partial charge in [0.25, 0.3) is 5.91 Å². The number of hydrogen-bond acceptors (Lipinski definition) is 3. The van der Waals surface area contributed by atoms with Crippen molar-refractivity contribution in [2.75, 3.05) is 0 Å². The quantitative estimate of drug-likeness (QED) is 0.868. The Hall–Kier alpha value is -1.65. The summed E-state index contributed by atoms with van der Waals surface area (Å²) in [6.07, 6.45) is 0.0649. The summed E-state index contributed by atoms with van der Waals surface area (Å²) in [7, 11) is 0. The number of benzene rings is 1. The Morgan fingerprint density at radius 1 is 1.33 bits per heavy atom. The molecule has 0 aliphatic heterocycles. The molecule has 18 heavy (non-hydrogen) atoms. The standard InChI is InChI=1S/C14H13NO2S/c16-12-7-9-3-1-2-4-11(9)13(12)15-14(17)10-5-6-18-8-10/h1-6,8,12-13,16H,7H2,(H,15,17)/t12-,13+/m1/s1. The molecule has 0 fully saturated rings. The van der Waals surface area contributed by atoms with Crippen LogP contribution >= 0.6 is 11.3 Å². The van der Waals surface area contributed by atoms with E-state index in [-0.39, 0.29) is 11.9 Å². The molecular formula is C14H13NO2S. The molecule has 0 radical (unpaired) electrons. The summed E-state index contributed by atoms with van der Waals surface area (Å²) in [6, 6.07) is 9.33. The van der Waals surface area contributed by atoms with E-state index in [0.717, 1.165) is 11.1 Å². The van der Waals surface area contributed by atoms with E-state index in [9.17, 15) is 9.90 Å². The molecule has 1 heterocycles. The summed E-state index contributed by atoms with van der Waals surface area (Å²) in [6.45, 7) is 0. The first kappa shape index (κ1) is 11.4. The highest BCUT2D eigenvalue weighted by Crippen LogP contribution is 2.31. The molecule has 1 aliphatic rings. The number of thiophene rings is 1. The molecule has 0 spiro atoms. The lowest BCUT2D eigenvalue weighted by atomic mass is 10.1. The van der Waals surface area contributed by atoms with Gasteiger partial charge >= 0.3 is 0 Å². The van der Waals surface area contributed by atoms with Crippen molar-refractivity contribution in [2.24, 2.45) is 0 Å². The Morgan fingerprint density at radius 2 is 2.17 bits per heavy atom. The van der Waals surface area contributed by atoms with E-state index in [0.29, 0.717) is 12.0 Å². The first-order chi connectivity index (χ1) is 8.75. The van der Waals surface area contributed by atoms with Crippen LogP contribution in [0.3, 0.4) is 0 Å². The monoisotopic (exact) mass is 259 g/mol. The van der Waals surface area contributed by atoms with Gasteiger partial charge in [0, 0.05) is 11.8 Å². The van der Waals surface area contributed by atoms with E-state index >= 15 is 0 Å². The molecular weight excluding hydrogens is 246 g/mol. The van der Waals surface area contributed by atoms with Crippen LogP contribution in [0.5, 0.6) is 0 Å². The number of aliphatic hydroxyl groups excluding tert-OH is 1. The van der Waals surface area contributed by atoms with Crippen LogP contribution < -0.4 is 5.32 Å². The number of nitrogens with one attached hydrogen (secondary N) is 1. The van der Waals surface area contributed by atoms with Crippen molar-refractivity contribution in [3.05, 3.63) is 57.8 Å². The molecule has 1 aromatic heterocycles. The lowest BCUT2D eigenvalue weighted by molar-refractivity contribution is 0.0858. The summed E-state index contributed by atoms with van der Waals surface area (Å²) >= 11 is 1.49. The molecule has 92 valence electrons. The summed E-state index contributed by atoms with van der Waals surface area (Å²) < 4.78 is 0. The fourth-order valence-electron chi connectivity index (χ4n) is 2.37. The van der Waals surface area contributed by atoms with E-state index < -0.39 is 6.10 Å². The number of fused-ring (bicyclic) bond motifs is 1. The third-order valence-electron chi connectivity index (χ3n) is 3.27. The molecule has 1 aliphatic carbocycles. The van der Waals surface area contributed by atoms with Crippen LogP contribution in [0.1, 0.15) is 27.5 Å². The van der Waals surface area contributed by atoms with Gasteiger partial charge in [-0.25, -0.2) is 0 Å². The summed E-state index contributed by atoms with van der Waals surface area (Å²) in [5.41, 5.74) is 2.78. The van der Waals surface area contributed by atoms with Crippen molar-refractivity contribution in [1.29, 1.82) is 0 Å². The molecule has 0 saturated carbocycles. The Morgan fingerprint density at radius 3 is 2.94 bits per heavy atom. The summed E-state index contributed by atoms with van der Waals surface area (Å²) in [5, 5.41) is 16.6. The third-order valence-corrected chi connectivity index (χ3v) is 3.96. The maximum Gasteiger partial charge on any atom is 0.252 e. The van der Waals surface area contributed by atoms with E-state index in [2.05, 4.69) is 5.32 Å². The van der Waals surface area contributed by atoms with Crippen molar-refractivity contribution in [3.8, 4) is 0 Å². The average Bonchev–Trinajstić information content (AvgIpc) is 2.98. The van der Waals surface area contributed by atoms with Gasteiger partial charge in [0.05, 0.1) is 17.7 Å². The van der Waals surface area contributed by atoms with E-state index in [4.69, 9.17) is 0 Å². The maximum atomic E-state index is 12.0. The molecule has 2 N–H and O–H groups in total. The van der Waals surface area contributed by atoms with Gasteiger partial charge in [-0.3, -0.25) is 4.79 Å². The van der Waals surface area contributed by atoms with Crippen molar-refractivity contribution in [3.63, 3.8) is 0 Å². The molecule has 3 nitrogen and oxygen atoms in total. The summed E-state index contributed by atoms with van der Waals surface area (Å²) in [4.78, 5) is 12.0. The Balaban J connectivity index is 1.83. The van der Waals surface area contributed by atoms with Gasteiger partial charge < -0.3 is 10.4 Å². The third kappa shape index (κ3) is 1.94. The lowest BCUT2D eigenvalue weighted by Gasteiger charge is -2.17. The number of aliphatic hydroxyl groups is 1. The number of carbonyl (C=O) groups excluding carboxylic acids is 1. The molecule has 0 bridgehead atoms. The Labute approximate surface area is 109 Å². The molecule has 1 amide bonds. The topological polar surface area (TPSA) is 49.3 Å². The van der Waals surface area contributed by atoms with Gasteiger partial charge in [-0.2, -0.15) is 11.3 Å². The predicted octanol–water partition coefficient (Wildman–Crippen LogP) is 2.14. The molecule has 0 saturated heterocycles. The molecule has 2 atom stereocenters. The van der Waals surface area contributed by atoms with E-state index in [1.807, 2.05) is 35.0 Å². The molecule has 0 unspecified atom stereocenters. The minimum absolute atomic E-state index is 0.128. The minimum Gasteiger partial charge on any atom is -0.390 e.